The summed E-state index contributed by atoms with van der Waals surface area (Å²) in [5.41, 5.74) is 0. The third-order valence-electron chi connectivity index (χ3n) is 1.73. The molecule has 3 nitrogen and oxygen atoms in total. The second-order valence-corrected chi connectivity index (χ2v) is 2.88. The van der Waals surface area contributed by atoms with Crippen LogP contribution in [0.1, 0.15) is 26.2 Å². The Hall–Kier alpha value is -0.990. The van der Waals surface area contributed by atoms with Gasteiger partial charge in [-0.3, -0.25) is 4.79 Å². The first-order chi connectivity index (χ1) is 5.83. The quantitative estimate of drug-likeness (QED) is 0.628. The van der Waals surface area contributed by atoms with Gasteiger partial charge in [-0.25, -0.2) is 0 Å². The van der Waals surface area contributed by atoms with Crippen molar-refractivity contribution >= 4 is 5.78 Å². The van der Waals surface area contributed by atoms with Gasteiger partial charge in [0.2, 0.25) is 0 Å². The lowest BCUT2D eigenvalue weighted by atomic mass is 10.3. The van der Waals surface area contributed by atoms with E-state index in [-0.39, 0.29) is 5.78 Å². The van der Waals surface area contributed by atoms with Crippen LogP contribution in [0.15, 0.2) is 12.0 Å². The molecule has 3 heteroatoms. The number of hydrogen-bond donors (Lipinski definition) is 1. The summed E-state index contributed by atoms with van der Waals surface area (Å²) in [7, 11) is 0. The van der Waals surface area contributed by atoms with Crippen LogP contribution in [0.3, 0.4) is 0 Å². The molecule has 0 aromatic heterocycles. The molecular formula is C9H15NO2. The fraction of sp³-hybridized carbons (Fsp3) is 0.667. The van der Waals surface area contributed by atoms with Crippen LogP contribution in [0, 0.1) is 0 Å². The number of ketones is 1. The summed E-state index contributed by atoms with van der Waals surface area (Å²) in [6, 6.07) is 0. The first-order valence-electron chi connectivity index (χ1n) is 4.44. The van der Waals surface area contributed by atoms with Crippen molar-refractivity contribution in [3.05, 3.63) is 12.0 Å². The van der Waals surface area contributed by atoms with Gasteiger partial charge in [0.1, 0.15) is 0 Å². The monoisotopic (exact) mass is 169 g/mol. The topological polar surface area (TPSA) is 38.3 Å². The molecule has 0 amide bonds. The van der Waals surface area contributed by atoms with E-state index in [0.717, 1.165) is 6.42 Å². The lowest BCUT2D eigenvalue weighted by molar-refractivity contribution is -0.113. The molecule has 1 rings (SSSR count). The van der Waals surface area contributed by atoms with Gasteiger partial charge in [-0.2, -0.15) is 0 Å². The van der Waals surface area contributed by atoms with E-state index >= 15 is 0 Å². The normalized spacial score (nSPS) is 15.8. The molecule has 12 heavy (non-hydrogen) atoms. The van der Waals surface area contributed by atoms with Gasteiger partial charge in [-0.05, 0) is 6.42 Å². The number of rotatable bonds is 5. The Morgan fingerprint density at radius 2 is 2.42 bits per heavy atom. The lowest BCUT2D eigenvalue weighted by Crippen LogP contribution is -2.13. The first kappa shape index (κ1) is 9.10. The Labute approximate surface area is 72.8 Å². The maximum atomic E-state index is 10.7. The zero-order valence-corrected chi connectivity index (χ0v) is 7.43. The second-order valence-electron chi connectivity index (χ2n) is 2.88. The van der Waals surface area contributed by atoms with Crippen molar-refractivity contribution in [2.45, 2.75) is 26.2 Å². The van der Waals surface area contributed by atoms with Crippen LogP contribution in [0.25, 0.3) is 0 Å². The maximum Gasteiger partial charge on any atom is 0.190 e. The molecule has 0 aromatic carbocycles. The Bertz CT molecular complexity index is 187. The molecule has 0 saturated heterocycles. The van der Waals surface area contributed by atoms with Gasteiger partial charge in [0.25, 0.3) is 0 Å². The molecular weight excluding hydrogens is 154 g/mol. The number of ether oxygens (including phenoxy) is 1. The van der Waals surface area contributed by atoms with E-state index in [1.165, 1.54) is 18.9 Å². The van der Waals surface area contributed by atoms with E-state index < -0.39 is 0 Å². The van der Waals surface area contributed by atoms with Crippen molar-refractivity contribution in [1.82, 2.24) is 5.32 Å². The molecule has 1 heterocycles. The summed E-state index contributed by atoms with van der Waals surface area (Å²) >= 11 is 0. The summed E-state index contributed by atoms with van der Waals surface area (Å²) < 4.78 is 5.30. The van der Waals surface area contributed by atoms with Gasteiger partial charge in [0.15, 0.2) is 11.7 Å². The molecule has 0 aliphatic carbocycles. The summed E-state index contributed by atoms with van der Waals surface area (Å²) in [6.07, 6.45) is 4.95. The van der Waals surface area contributed by atoms with Crippen LogP contribution in [0.2, 0.25) is 0 Å². The van der Waals surface area contributed by atoms with Crippen molar-refractivity contribution in [2.24, 2.45) is 0 Å². The van der Waals surface area contributed by atoms with E-state index in [1.54, 1.807) is 0 Å². The van der Waals surface area contributed by atoms with Crippen molar-refractivity contribution in [3.63, 3.8) is 0 Å². The third-order valence-corrected chi connectivity index (χ3v) is 1.73. The molecule has 1 aliphatic rings. The molecule has 0 saturated carbocycles. The number of carbonyl (C=O) groups is 1. The zero-order chi connectivity index (χ0) is 8.81. The number of carbonyl (C=O) groups excluding carboxylic acids is 1. The highest BCUT2D eigenvalue weighted by molar-refractivity contribution is 5.94. The summed E-state index contributed by atoms with van der Waals surface area (Å²) in [5.74, 6) is 0.733. The Kier molecular flexibility index (Phi) is 3.64. The van der Waals surface area contributed by atoms with Gasteiger partial charge in [-0.1, -0.05) is 19.8 Å². The van der Waals surface area contributed by atoms with E-state index in [0.29, 0.717) is 19.0 Å². The van der Waals surface area contributed by atoms with Crippen LogP contribution >= 0.6 is 0 Å². The first-order valence-corrected chi connectivity index (χ1v) is 4.44. The van der Waals surface area contributed by atoms with E-state index in [1.807, 2.05) is 0 Å². The summed E-state index contributed by atoms with van der Waals surface area (Å²) in [6.45, 7) is 3.25. The van der Waals surface area contributed by atoms with Crippen LogP contribution in [-0.2, 0) is 9.53 Å². The van der Waals surface area contributed by atoms with Gasteiger partial charge in [0, 0.05) is 6.08 Å². The number of unbranched alkanes of at least 4 members (excludes halogenated alkanes) is 2. The predicted octanol–water partition coefficient (Wildman–Crippen LogP) is 1.21. The maximum absolute atomic E-state index is 10.7. The molecule has 0 aromatic rings. The van der Waals surface area contributed by atoms with Gasteiger partial charge in [-0.15, -0.1) is 0 Å². The average Bonchev–Trinajstić information content (AvgIpc) is 2.45. The minimum absolute atomic E-state index is 0.0977. The predicted molar refractivity (Wildman–Crippen MR) is 46.6 cm³/mol. The molecule has 0 bridgehead atoms. The molecule has 1 N–H and O–H groups in total. The third kappa shape index (κ3) is 2.95. The van der Waals surface area contributed by atoms with Gasteiger partial charge < -0.3 is 10.1 Å². The lowest BCUT2D eigenvalue weighted by Gasteiger charge is -2.05. The van der Waals surface area contributed by atoms with Gasteiger partial charge >= 0.3 is 0 Å². The fourth-order valence-corrected chi connectivity index (χ4v) is 1.05. The Balaban J connectivity index is 2.07. The standard InChI is InChI=1S/C9H15NO2/c1-2-3-4-5-12-9-6-8(11)7-10-9/h6,10H,2-5,7H2,1H3. The van der Waals surface area contributed by atoms with Crippen LogP contribution < -0.4 is 5.32 Å². The smallest absolute Gasteiger partial charge is 0.190 e. The highest BCUT2D eigenvalue weighted by Crippen LogP contribution is 2.02. The van der Waals surface area contributed by atoms with Crippen molar-refractivity contribution in [1.29, 1.82) is 0 Å². The van der Waals surface area contributed by atoms with Crippen LogP contribution in [0.4, 0.5) is 0 Å². The number of nitrogens with one attached hydrogen (secondary N) is 1. The zero-order valence-electron chi connectivity index (χ0n) is 7.43. The molecule has 0 atom stereocenters. The molecule has 0 radical (unpaired) electrons. The summed E-state index contributed by atoms with van der Waals surface area (Å²) in [5, 5.41) is 2.87. The Morgan fingerprint density at radius 1 is 1.58 bits per heavy atom. The second kappa shape index (κ2) is 4.80. The van der Waals surface area contributed by atoms with Crippen molar-refractivity contribution in [3.8, 4) is 0 Å². The van der Waals surface area contributed by atoms with Gasteiger partial charge in [0.05, 0.1) is 13.2 Å². The SMILES string of the molecule is CCCCCOC1=CC(=O)CN1. The largest absolute Gasteiger partial charge is 0.479 e. The minimum atomic E-state index is 0.0977. The van der Waals surface area contributed by atoms with Crippen molar-refractivity contribution in [2.75, 3.05) is 13.2 Å². The number of hydrogen-bond acceptors (Lipinski definition) is 3. The fourth-order valence-electron chi connectivity index (χ4n) is 1.05. The minimum Gasteiger partial charge on any atom is -0.479 e. The molecule has 68 valence electrons. The van der Waals surface area contributed by atoms with Crippen molar-refractivity contribution < 1.29 is 9.53 Å². The van der Waals surface area contributed by atoms with Crippen LogP contribution in [0.5, 0.6) is 0 Å². The van der Waals surface area contributed by atoms with Crippen LogP contribution in [-0.4, -0.2) is 18.9 Å². The highest BCUT2D eigenvalue weighted by atomic mass is 16.5. The highest BCUT2D eigenvalue weighted by Gasteiger charge is 2.10. The molecule has 0 spiro atoms. The van der Waals surface area contributed by atoms with E-state index in [2.05, 4.69) is 12.2 Å². The summed E-state index contributed by atoms with van der Waals surface area (Å²) in [4.78, 5) is 10.7. The Morgan fingerprint density at radius 3 is 3.00 bits per heavy atom. The molecule has 0 unspecified atom stereocenters. The van der Waals surface area contributed by atoms with E-state index in [9.17, 15) is 4.79 Å². The van der Waals surface area contributed by atoms with E-state index in [4.69, 9.17) is 4.74 Å². The molecule has 1 aliphatic heterocycles. The molecule has 0 fully saturated rings. The average molecular weight is 169 g/mol.